The van der Waals surface area contributed by atoms with E-state index in [2.05, 4.69) is 4.98 Å². The van der Waals surface area contributed by atoms with Crippen molar-refractivity contribution >= 4 is 11.5 Å². The van der Waals surface area contributed by atoms with Crippen molar-refractivity contribution in [3.63, 3.8) is 0 Å². The summed E-state index contributed by atoms with van der Waals surface area (Å²) in [5.74, 6) is -0.0413. The van der Waals surface area contributed by atoms with Crippen LogP contribution in [0.25, 0.3) is 0 Å². The fraction of sp³-hybridized carbons (Fsp3) is 0.333. The predicted molar refractivity (Wildman–Crippen MR) is 48.8 cm³/mol. The summed E-state index contributed by atoms with van der Waals surface area (Å²) in [6.07, 6.45) is 2.93. The minimum atomic E-state index is -0.0595. The van der Waals surface area contributed by atoms with E-state index >= 15 is 0 Å². The third-order valence-corrected chi connectivity index (χ3v) is 1.68. The van der Waals surface area contributed by atoms with Crippen molar-refractivity contribution < 1.29 is 10.0 Å². The molecule has 70 valence electrons. The zero-order chi connectivity index (χ0) is 9.84. The standard InChI is InChI=1S/C9H12N2O2/c1-6(2)9(12)7-3-8(11-13)5-10-4-7/h3-6,11,13H,1-2H3. The summed E-state index contributed by atoms with van der Waals surface area (Å²) >= 11 is 0. The van der Waals surface area contributed by atoms with Gasteiger partial charge in [-0.25, -0.2) is 0 Å². The Morgan fingerprint density at radius 1 is 1.54 bits per heavy atom. The molecule has 4 heteroatoms. The van der Waals surface area contributed by atoms with Crippen LogP contribution in [0.15, 0.2) is 18.5 Å². The molecule has 1 aromatic heterocycles. The molecule has 0 aromatic carbocycles. The van der Waals surface area contributed by atoms with E-state index in [0.717, 1.165) is 0 Å². The Morgan fingerprint density at radius 2 is 2.23 bits per heavy atom. The Balaban J connectivity index is 2.95. The van der Waals surface area contributed by atoms with Crippen LogP contribution in [0.5, 0.6) is 0 Å². The average Bonchev–Trinajstić information content (AvgIpc) is 2.16. The van der Waals surface area contributed by atoms with E-state index in [4.69, 9.17) is 5.21 Å². The number of ketones is 1. The molecule has 0 aliphatic heterocycles. The van der Waals surface area contributed by atoms with Crippen LogP contribution in [0, 0.1) is 5.92 Å². The molecule has 0 unspecified atom stereocenters. The molecule has 0 bridgehead atoms. The molecule has 0 saturated heterocycles. The maximum Gasteiger partial charge on any atom is 0.167 e. The molecule has 1 aromatic rings. The molecule has 0 fully saturated rings. The first-order chi connectivity index (χ1) is 6.15. The van der Waals surface area contributed by atoms with Gasteiger partial charge in [-0.15, -0.1) is 0 Å². The second-order valence-corrected chi connectivity index (χ2v) is 3.09. The second-order valence-electron chi connectivity index (χ2n) is 3.09. The number of rotatable bonds is 3. The lowest BCUT2D eigenvalue weighted by atomic mass is 10.0. The second kappa shape index (κ2) is 4.00. The van der Waals surface area contributed by atoms with Crippen molar-refractivity contribution in [1.29, 1.82) is 0 Å². The van der Waals surface area contributed by atoms with Crippen molar-refractivity contribution in [3.05, 3.63) is 24.0 Å². The highest BCUT2D eigenvalue weighted by atomic mass is 16.5. The van der Waals surface area contributed by atoms with Crippen LogP contribution in [0.2, 0.25) is 0 Å². The van der Waals surface area contributed by atoms with Gasteiger partial charge in [-0.05, 0) is 6.07 Å². The van der Waals surface area contributed by atoms with Crippen LogP contribution in [-0.4, -0.2) is 16.0 Å². The topological polar surface area (TPSA) is 62.2 Å². The third kappa shape index (κ3) is 2.26. The molecular weight excluding hydrogens is 168 g/mol. The fourth-order valence-corrected chi connectivity index (χ4v) is 0.969. The number of Topliss-reactive ketones (excluding diaryl/α,β-unsaturated/α-hetero) is 1. The first-order valence-electron chi connectivity index (χ1n) is 4.04. The predicted octanol–water partition coefficient (Wildman–Crippen LogP) is 1.72. The minimum Gasteiger partial charge on any atom is -0.294 e. The number of aromatic nitrogens is 1. The van der Waals surface area contributed by atoms with Crippen LogP contribution in [0.1, 0.15) is 24.2 Å². The van der Waals surface area contributed by atoms with E-state index in [0.29, 0.717) is 11.3 Å². The Hall–Kier alpha value is -1.42. The number of nitrogens with zero attached hydrogens (tertiary/aromatic N) is 1. The summed E-state index contributed by atoms with van der Waals surface area (Å²) in [4.78, 5) is 15.3. The third-order valence-electron chi connectivity index (χ3n) is 1.68. The highest BCUT2D eigenvalue weighted by molar-refractivity contribution is 5.97. The molecule has 0 aliphatic carbocycles. The molecule has 0 aliphatic rings. The number of hydrogen-bond acceptors (Lipinski definition) is 4. The van der Waals surface area contributed by atoms with Crippen molar-refractivity contribution in [2.45, 2.75) is 13.8 Å². The normalized spacial score (nSPS) is 10.2. The van der Waals surface area contributed by atoms with Gasteiger partial charge in [0, 0.05) is 17.7 Å². The summed E-state index contributed by atoms with van der Waals surface area (Å²) in [6, 6.07) is 1.56. The molecule has 4 nitrogen and oxygen atoms in total. The number of nitrogens with one attached hydrogen (secondary N) is 1. The quantitative estimate of drug-likeness (QED) is 0.549. The molecule has 0 spiro atoms. The Labute approximate surface area is 76.6 Å². The summed E-state index contributed by atoms with van der Waals surface area (Å²) in [5, 5.41) is 8.58. The molecule has 0 saturated carbocycles. The smallest absolute Gasteiger partial charge is 0.167 e. The number of hydrogen-bond donors (Lipinski definition) is 2. The molecule has 0 radical (unpaired) electrons. The summed E-state index contributed by atoms with van der Waals surface area (Å²) in [6.45, 7) is 3.64. The van der Waals surface area contributed by atoms with E-state index in [-0.39, 0.29) is 11.7 Å². The van der Waals surface area contributed by atoms with Crippen molar-refractivity contribution in [3.8, 4) is 0 Å². The number of anilines is 1. The molecule has 13 heavy (non-hydrogen) atoms. The van der Waals surface area contributed by atoms with Gasteiger partial charge in [0.15, 0.2) is 5.78 Å². The van der Waals surface area contributed by atoms with Gasteiger partial charge >= 0.3 is 0 Å². The SMILES string of the molecule is CC(C)C(=O)c1cncc(NO)c1. The lowest BCUT2D eigenvalue weighted by Crippen LogP contribution is -2.08. The van der Waals surface area contributed by atoms with Gasteiger partial charge in [0.1, 0.15) is 0 Å². The van der Waals surface area contributed by atoms with E-state index in [1.165, 1.54) is 12.4 Å². The lowest BCUT2D eigenvalue weighted by Gasteiger charge is -2.04. The maximum atomic E-state index is 11.5. The van der Waals surface area contributed by atoms with Gasteiger partial charge in [0.05, 0.1) is 11.9 Å². The summed E-state index contributed by atoms with van der Waals surface area (Å²) in [7, 11) is 0. The van der Waals surface area contributed by atoms with Crippen LogP contribution in [0.4, 0.5) is 5.69 Å². The van der Waals surface area contributed by atoms with Crippen LogP contribution < -0.4 is 5.48 Å². The molecule has 0 amide bonds. The van der Waals surface area contributed by atoms with Gasteiger partial charge in [-0.2, -0.15) is 0 Å². The van der Waals surface area contributed by atoms with Crippen LogP contribution >= 0.6 is 0 Å². The van der Waals surface area contributed by atoms with Crippen molar-refractivity contribution in [2.75, 3.05) is 5.48 Å². The molecule has 1 rings (SSSR count). The fourth-order valence-electron chi connectivity index (χ4n) is 0.969. The molecule has 1 heterocycles. The zero-order valence-electron chi connectivity index (χ0n) is 7.61. The summed E-state index contributed by atoms with van der Waals surface area (Å²) < 4.78 is 0. The number of carbonyl (C=O) groups excluding carboxylic acids is 1. The monoisotopic (exact) mass is 180 g/mol. The van der Waals surface area contributed by atoms with E-state index in [1.807, 2.05) is 19.3 Å². The van der Waals surface area contributed by atoms with Crippen LogP contribution in [0.3, 0.4) is 0 Å². The largest absolute Gasteiger partial charge is 0.294 e. The number of pyridine rings is 1. The van der Waals surface area contributed by atoms with Gasteiger partial charge in [0.25, 0.3) is 0 Å². The Morgan fingerprint density at radius 3 is 2.77 bits per heavy atom. The number of carbonyl (C=O) groups is 1. The first kappa shape index (κ1) is 9.67. The van der Waals surface area contributed by atoms with E-state index in [9.17, 15) is 4.79 Å². The lowest BCUT2D eigenvalue weighted by molar-refractivity contribution is 0.0939. The van der Waals surface area contributed by atoms with E-state index < -0.39 is 0 Å². The van der Waals surface area contributed by atoms with Crippen LogP contribution in [-0.2, 0) is 0 Å². The van der Waals surface area contributed by atoms with Gasteiger partial charge < -0.3 is 0 Å². The highest BCUT2D eigenvalue weighted by Crippen LogP contribution is 2.11. The first-order valence-corrected chi connectivity index (χ1v) is 4.04. The van der Waals surface area contributed by atoms with Gasteiger partial charge in [-0.3, -0.25) is 20.5 Å². The zero-order valence-corrected chi connectivity index (χ0v) is 7.61. The molecular formula is C9H12N2O2. The van der Waals surface area contributed by atoms with Gasteiger partial charge in [0.2, 0.25) is 0 Å². The summed E-state index contributed by atoms with van der Waals surface area (Å²) in [5.41, 5.74) is 2.88. The Bertz CT molecular complexity index is 310. The van der Waals surface area contributed by atoms with E-state index in [1.54, 1.807) is 6.07 Å². The molecule has 0 atom stereocenters. The highest BCUT2D eigenvalue weighted by Gasteiger charge is 2.10. The Kier molecular flexibility index (Phi) is 2.97. The maximum absolute atomic E-state index is 11.5. The molecule has 2 N–H and O–H groups in total. The minimum absolute atomic E-state index is 0.0181. The van der Waals surface area contributed by atoms with Crippen molar-refractivity contribution in [1.82, 2.24) is 4.98 Å². The average molecular weight is 180 g/mol. The van der Waals surface area contributed by atoms with Gasteiger partial charge in [-0.1, -0.05) is 13.8 Å². The van der Waals surface area contributed by atoms with Crippen molar-refractivity contribution in [2.24, 2.45) is 5.92 Å².